The Balaban J connectivity index is 2.34. The van der Waals surface area contributed by atoms with Gasteiger partial charge in [-0.2, -0.15) is 12.7 Å². The Kier molecular flexibility index (Phi) is 2.05. The van der Waals surface area contributed by atoms with Crippen LogP contribution >= 0.6 is 10.7 Å². The van der Waals surface area contributed by atoms with Gasteiger partial charge in [0.05, 0.1) is 5.92 Å². The molecule has 0 spiro atoms. The van der Waals surface area contributed by atoms with Crippen LogP contribution in [0.15, 0.2) is 0 Å². The van der Waals surface area contributed by atoms with Crippen molar-refractivity contribution in [2.45, 2.75) is 31.5 Å². The lowest BCUT2D eigenvalue weighted by atomic mass is 9.76. The summed E-state index contributed by atoms with van der Waals surface area (Å²) in [5.74, 6) is -3.55. The van der Waals surface area contributed by atoms with Gasteiger partial charge in [0.15, 0.2) is 0 Å². The maximum absolute atomic E-state index is 14.0. The summed E-state index contributed by atoms with van der Waals surface area (Å²) in [6.45, 7) is 0. The van der Waals surface area contributed by atoms with Crippen LogP contribution in [0.25, 0.3) is 0 Å². The van der Waals surface area contributed by atoms with Crippen molar-refractivity contribution < 1.29 is 17.6 Å². The highest BCUT2D eigenvalue weighted by atomic mass is 35.7. The van der Waals surface area contributed by atoms with E-state index in [1.54, 1.807) is 0 Å². The SMILES string of the molecule is O=C1[C@H]2CCCC[C@@]2(F)N1S(=O)(=O)Cl. The Morgan fingerprint density at radius 1 is 1.50 bits per heavy atom. The van der Waals surface area contributed by atoms with Gasteiger partial charge < -0.3 is 0 Å². The Hall–Kier alpha value is -0.360. The molecule has 7 heteroatoms. The molecule has 1 aliphatic carbocycles. The van der Waals surface area contributed by atoms with Crippen molar-refractivity contribution >= 4 is 25.8 Å². The molecule has 2 atom stereocenters. The molecule has 0 aromatic heterocycles. The van der Waals surface area contributed by atoms with Gasteiger partial charge >= 0.3 is 9.24 Å². The van der Waals surface area contributed by atoms with Crippen molar-refractivity contribution in [3.05, 3.63) is 0 Å². The predicted octanol–water partition coefficient (Wildman–Crippen LogP) is 1.17. The number of β-lactam (4-membered cyclic amide) rings is 1. The quantitative estimate of drug-likeness (QED) is 0.393. The molecule has 0 unspecified atom stereocenters. The number of alkyl halides is 1. The summed E-state index contributed by atoms with van der Waals surface area (Å²) < 4.78 is 36.0. The van der Waals surface area contributed by atoms with E-state index in [-0.39, 0.29) is 10.7 Å². The van der Waals surface area contributed by atoms with E-state index in [1.165, 1.54) is 0 Å². The number of hydrogen-bond acceptors (Lipinski definition) is 3. The third kappa shape index (κ3) is 1.16. The first-order valence-electron chi connectivity index (χ1n) is 4.35. The normalized spacial score (nSPS) is 37.7. The molecule has 0 aromatic carbocycles. The zero-order valence-corrected chi connectivity index (χ0v) is 8.81. The zero-order valence-electron chi connectivity index (χ0n) is 7.24. The van der Waals surface area contributed by atoms with Crippen molar-refractivity contribution in [1.29, 1.82) is 0 Å². The van der Waals surface area contributed by atoms with Crippen molar-refractivity contribution in [2.75, 3.05) is 0 Å². The minimum absolute atomic E-state index is 0.0648. The number of carbonyl (C=O) groups excluding carboxylic acids is 1. The van der Waals surface area contributed by atoms with Crippen molar-refractivity contribution in [3.63, 3.8) is 0 Å². The molecule has 14 heavy (non-hydrogen) atoms. The molecule has 2 rings (SSSR count). The van der Waals surface area contributed by atoms with Crippen LogP contribution < -0.4 is 0 Å². The van der Waals surface area contributed by atoms with Crippen LogP contribution in [0.3, 0.4) is 0 Å². The fourth-order valence-corrected chi connectivity index (χ4v) is 3.69. The van der Waals surface area contributed by atoms with Crippen LogP contribution in [0.2, 0.25) is 0 Å². The minimum Gasteiger partial charge on any atom is -0.273 e. The molecular weight excluding hydrogens is 233 g/mol. The van der Waals surface area contributed by atoms with Gasteiger partial charge in [0.1, 0.15) is 0 Å². The summed E-state index contributed by atoms with van der Waals surface area (Å²) in [6, 6.07) is 0. The van der Waals surface area contributed by atoms with E-state index in [0.29, 0.717) is 12.8 Å². The highest BCUT2D eigenvalue weighted by Crippen LogP contribution is 2.50. The van der Waals surface area contributed by atoms with Crippen LogP contribution in [0.4, 0.5) is 4.39 Å². The third-order valence-electron chi connectivity index (χ3n) is 2.86. The molecule has 0 radical (unpaired) electrons. The molecule has 1 saturated carbocycles. The second kappa shape index (κ2) is 2.82. The highest BCUT2D eigenvalue weighted by molar-refractivity contribution is 8.12. The molecule has 1 saturated heterocycles. The summed E-state index contributed by atoms with van der Waals surface area (Å²) in [6.07, 6.45) is 1.83. The first kappa shape index (κ1) is 10.2. The average molecular weight is 242 g/mol. The molecule has 2 aliphatic rings. The number of amides is 1. The molecule has 1 heterocycles. The van der Waals surface area contributed by atoms with E-state index < -0.39 is 26.9 Å². The topological polar surface area (TPSA) is 54.5 Å². The molecule has 1 aliphatic heterocycles. The first-order valence-corrected chi connectivity index (χ1v) is 6.62. The molecule has 2 fully saturated rings. The number of rotatable bonds is 1. The van der Waals surface area contributed by atoms with Crippen molar-refractivity contribution in [3.8, 4) is 0 Å². The van der Waals surface area contributed by atoms with E-state index >= 15 is 0 Å². The largest absolute Gasteiger partial charge is 0.326 e. The summed E-state index contributed by atoms with van der Waals surface area (Å²) in [5, 5.41) is 0. The Bertz CT molecular complexity index is 384. The number of carbonyl (C=O) groups is 1. The lowest BCUT2D eigenvalue weighted by Crippen LogP contribution is -2.70. The van der Waals surface area contributed by atoms with E-state index in [4.69, 9.17) is 10.7 Å². The highest BCUT2D eigenvalue weighted by Gasteiger charge is 2.66. The predicted molar refractivity (Wildman–Crippen MR) is 47.4 cm³/mol. The molecule has 0 aromatic rings. The number of nitrogens with zero attached hydrogens (tertiary/aromatic N) is 1. The summed E-state index contributed by atoms with van der Waals surface area (Å²) in [7, 11) is 0.714. The van der Waals surface area contributed by atoms with Crippen LogP contribution in [0.1, 0.15) is 25.7 Å². The van der Waals surface area contributed by atoms with E-state index in [0.717, 1.165) is 6.42 Å². The number of fused-ring (bicyclic) bond motifs is 1. The maximum Gasteiger partial charge on any atom is 0.326 e. The van der Waals surface area contributed by atoms with Gasteiger partial charge in [-0.05, 0) is 12.8 Å². The van der Waals surface area contributed by atoms with Crippen molar-refractivity contribution in [2.24, 2.45) is 5.92 Å². The van der Waals surface area contributed by atoms with Gasteiger partial charge in [-0.15, -0.1) is 0 Å². The minimum atomic E-state index is -4.26. The van der Waals surface area contributed by atoms with Crippen LogP contribution in [0.5, 0.6) is 0 Å². The Labute approximate surface area is 85.6 Å². The monoisotopic (exact) mass is 241 g/mol. The fraction of sp³-hybridized carbons (Fsp3) is 0.857. The summed E-state index contributed by atoms with van der Waals surface area (Å²) in [5.41, 5.74) is 0. The molecule has 80 valence electrons. The second-order valence-corrected chi connectivity index (χ2v) is 6.02. The van der Waals surface area contributed by atoms with Gasteiger partial charge in [-0.25, -0.2) is 4.39 Å². The average Bonchev–Trinajstić information content (AvgIpc) is 2.00. The maximum atomic E-state index is 14.0. The van der Waals surface area contributed by atoms with Crippen LogP contribution in [0, 0.1) is 5.92 Å². The molecule has 0 bridgehead atoms. The third-order valence-corrected chi connectivity index (χ3v) is 4.19. The van der Waals surface area contributed by atoms with Gasteiger partial charge in [-0.1, -0.05) is 6.42 Å². The second-order valence-electron chi connectivity index (χ2n) is 3.66. The molecular formula is C7H9ClFNO3S. The smallest absolute Gasteiger partial charge is 0.273 e. The van der Waals surface area contributed by atoms with Gasteiger partial charge in [-0.3, -0.25) is 4.79 Å². The van der Waals surface area contributed by atoms with E-state index in [1.807, 2.05) is 0 Å². The Morgan fingerprint density at radius 3 is 2.71 bits per heavy atom. The van der Waals surface area contributed by atoms with Crippen molar-refractivity contribution in [1.82, 2.24) is 4.31 Å². The first-order chi connectivity index (χ1) is 6.37. The molecule has 4 nitrogen and oxygen atoms in total. The van der Waals surface area contributed by atoms with E-state index in [2.05, 4.69) is 0 Å². The standard InChI is InChI=1S/C7H9ClFNO3S/c8-14(12,13)10-6(11)5-3-1-2-4-7(5,10)9/h5H,1-4H2/t5-,7-/m1/s1. The lowest BCUT2D eigenvalue weighted by Gasteiger charge is -2.51. The Morgan fingerprint density at radius 2 is 2.14 bits per heavy atom. The van der Waals surface area contributed by atoms with Crippen LogP contribution in [-0.4, -0.2) is 24.4 Å². The molecule has 1 amide bonds. The lowest BCUT2D eigenvalue weighted by molar-refractivity contribution is -0.185. The molecule has 0 N–H and O–H groups in total. The van der Waals surface area contributed by atoms with E-state index in [9.17, 15) is 17.6 Å². The van der Waals surface area contributed by atoms with Gasteiger partial charge in [0.25, 0.3) is 0 Å². The fourth-order valence-electron chi connectivity index (χ4n) is 2.22. The number of hydrogen-bond donors (Lipinski definition) is 0. The summed E-state index contributed by atoms with van der Waals surface area (Å²) >= 11 is 0. The zero-order chi connectivity index (χ0) is 10.6. The summed E-state index contributed by atoms with van der Waals surface area (Å²) in [4.78, 5) is 11.3. The van der Waals surface area contributed by atoms with Crippen LogP contribution in [-0.2, 0) is 14.0 Å². The van der Waals surface area contributed by atoms with Gasteiger partial charge in [0.2, 0.25) is 11.7 Å². The number of halogens is 2. The van der Waals surface area contributed by atoms with Gasteiger partial charge in [0, 0.05) is 17.1 Å².